The normalized spacial score (nSPS) is 40.1. The van der Waals surface area contributed by atoms with Crippen molar-refractivity contribution in [2.75, 3.05) is 13.1 Å². The van der Waals surface area contributed by atoms with E-state index < -0.39 is 0 Å². The van der Waals surface area contributed by atoms with E-state index in [1.165, 1.54) is 45.2 Å². The summed E-state index contributed by atoms with van der Waals surface area (Å²) >= 11 is 0. The molecule has 1 saturated heterocycles. The molecule has 1 aliphatic heterocycles. The summed E-state index contributed by atoms with van der Waals surface area (Å²) < 4.78 is 0. The van der Waals surface area contributed by atoms with Crippen LogP contribution in [-0.2, 0) is 0 Å². The minimum atomic E-state index is 0.965. The second-order valence-corrected chi connectivity index (χ2v) is 4.32. The van der Waals surface area contributed by atoms with E-state index in [9.17, 15) is 0 Å². The molecule has 11 heavy (non-hydrogen) atoms. The molecule has 2 fully saturated rings. The van der Waals surface area contributed by atoms with Crippen LogP contribution in [0, 0.1) is 5.92 Å². The highest BCUT2D eigenvalue weighted by atomic mass is 15.2. The third-order valence-electron chi connectivity index (χ3n) is 3.32. The van der Waals surface area contributed by atoms with Crippen molar-refractivity contribution in [1.82, 2.24) is 4.90 Å². The first-order chi connectivity index (χ1) is 5.36. The maximum atomic E-state index is 2.68. The number of likely N-dealkylation sites (tertiary alicyclic amines) is 1. The average Bonchev–Trinajstić information content (AvgIpc) is 1.83. The summed E-state index contributed by atoms with van der Waals surface area (Å²) in [6, 6.07) is 0.965. The van der Waals surface area contributed by atoms with E-state index >= 15 is 0 Å². The van der Waals surface area contributed by atoms with Crippen molar-refractivity contribution in [1.29, 1.82) is 0 Å². The summed E-state index contributed by atoms with van der Waals surface area (Å²) in [6.07, 6.45) is 7.35. The van der Waals surface area contributed by atoms with Crippen molar-refractivity contribution in [3.8, 4) is 0 Å². The van der Waals surface area contributed by atoms with E-state index in [0.717, 1.165) is 12.0 Å². The molecule has 0 N–H and O–H groups in total. The fourth-order valence-electron chi connectivity index (χ4n) is 2.44. The third kappa shape index (κ3) is 1.58. The van der Waals surface area contributed by atoms with E-state index in [1.807, 2.05) is 0 Å². The lowest BCUT2D eigenvalue weighted by Crippen LogP contribution is -2.46. The van der Waals surface area contributed by atoms with Crippen LogP contribution in [0.3, 0.4) is 0 Å². The van der Waals surface area contributed by atoms with Crippen molar-refractivity contribution in [3.63, 3.8) is 0 Å². The zero-order valence-electron chi connectivity index (χ0n) is 7.55. The van der Waals surface area contributed by atoms with Crippen LogP contribution in [0.15, 0.2) is 0 Å². The zero-order valence-corrected chi connectivity index (χ0v) is 7.55. The molecule has 1 nitrogen and oxygen atoms in total. The molecule has 2 rings (SSSR count). The number of hydrogen-bond acceptors (Lipinski definition) is 1. The molecule has 0 aromatic heterocycles. The Morgan fingerprint density at radius 3 is 2.45 bits per heavy atom. The first kappa shape index (κ1) is 7.60. The summed E-state index contributed by atoms with van der Waals surface area (Å²) in [5, 5.41) is 0. The van der Waals surface area contributed by atoms with E-state index in [1.54, 1.807) is 0 Å². The van der Waals surface area contributed by atoms with Gasteiger partial charge < -0.3 is 4.90 Å². The van der Waals surface area contributed by atoms with Gasteiger partial charge in [-0.05, 0) is 38.3 Å². The van der Waals surface area contributed by atoms with Crippen LogP contribution in [0.25, 0.3) is 0 Å². The third-order valence-corrected chi connectivity index (χ3v) is 3.32. The van der Waals surface area contributed by atoms with Gasteiger partial charge in [-0.15, -0.1) is 0 Å². The maximum absolute atomic E-state index is 2.68. The molecule has 2 unspecified atom stereocenters. The molecule has 0 amide bonds. The highest BCUT2D eigenvalue weighted by Gasteiger charge is 2.27. The molecule has 1 saturated carbocycles. The minimum Gasteiger partial charge on any atom is -0.300 e. The molecule has 2 atom stereocenters. The average molecular weight is 153 g/mol. The van der Waals surface area contributed by atoms with Gasteiger partial charge in [-0.2, -0.15) is 0 Å². The van der Waals surface area contributed by atoms with Crippen LogP contribution in [0.1, 0.15) is 39.0 Å². The molecule has 1 heteroatoms. The Bertz CT molecular complexity index is 129. The van der Waals surface area contributed by atoms with Gasteiger partial charge in [-0.1, -0.05) is 19.8 Å². The van der Waals surface area contributed by atoms with Crippen LogP contribution in [0.4, 0.5) is 0 Å². The van der Waals surface area contributed by atoms with E-state index in [-0.39, 0.29) is 0 Å². The fraction of sp³-hybridized carbons (Fsp3) is 1.00. The van der Waals surface area contributed by atoms with E-state index in [0.29, 0.717) is 0 Å². The largest absolute Gasteiger partial charge is 0.300 e. The van der Waals surface area contributed by atoms with Gasteiger partial charge in [-0.3, -0.25) is 0 Å². The second kappa shape index (κ2) is 3.14. The quantitative estimate of drug-likeness (QED) is 0.558. The lowest BCUT2D eigenvalue weighted by molar-refractivity contribution is 0.0770. The van der Waals surface area contributed by atoms with Crippen LogP contribution in [-0.4, -0.2) is 24.0 Å². The van der Waals surface area contributed by atoms with E-state index in [2.05, 4.69) is 11.8 Å². The Morgan fingerprint density at radius 1 is 1.09 bits per heavy atom. The molecule has 0 aromatic rings. The van der Waals surface area contributed by atoms with Crippen molar-refractivity contribution in [2.24, 2.45) is 5.92 Å². The number of rotatable bonds is 1. The van der Waals surface area contributed by atoms with Crippen LogP contribution in [0.5, 0.6) is 0 Å². The zero-order chi connectivity index (χ0) is 7.68. The number of hydrogen-bond donors (Lipinski definition) is 0. The summed E-state index contributed by atoms with van der Waals surface area (Å²) in [6.45, 7) is 5.18. The highest BCUT2D eigenvalue weighted by molar-refractivity contribution is 4.82. The minimum absolute atomic E-state index is 0.965. The topological polar surface area (TPSA) is 3.24 Å². The van der Waals surface area contributed by atoms with Gasteiger partial charge in [0, 0.05) is 6.04 Å². The Balaban J connectivity index is 1.82. The summed E-state index contributed by atoms with van der Waals surface area (Å²) in [4.78, 5) is 2.68. The van der Waals surface area contributed by atoms with Gasteiger partial charge in [-0.25, -0.2) is 0 Å². The van der Waals surface area contributed by atoms with Gasteiger partial charge in [0.25, 0.3) is 0 Å². The Hall–Kier alpha value is -0.0400. The molecule has 1 heterocycles. The predicted octanol–water partition coefficient (Wildman–Crippen LogP) is 2.27. The van der Waals surface area contributed by atoms with Gasteiger partial charge in [0.15, 0.2) is 0 Å². The molecule has 64 valence electrons. The van der Waals surface area contributed by atoms with Gasteiger partial charge in [0.05, 0.1) is 0 Å². The number of nitrogens with zero attached hydrogens (tertiary/aromatic N) is 1. The van der Waals surface area contributed by atoms with Crippen LogP contribution >= 0.6 is 0 Å². The van der Waals surface area contributed by atoms with Crippen molar-refractivity contribution < 1.29 is 0 Å². The monoisotopic (exact) mass is 153 g/mol. The summed E-state index contributed by atoms with van der Waals surface area (Å²) in [7, 11) is 0. The SMILES string of the molecule is CC1CCCC(N2CCC2)C1. The van der Waals surface area contributed by atoms with Crippen LogP contribution < -0.4 is 0 Å². The Labute approximate surface area is 69.8 Å². The first-order valence-electron chi connectivity index (χ1n) is 5.10. The smallest absolute Gasteiger partial charge is 0.00978 e. The molecular weight excluding hydrogens is 134 g/mol. The molecule has 1 aliphatic carbocycles. The molecule has 0 bridgehead atoms. The highest BCUT2D eigenvalue weighted by Crippen LogP contribution is 2.29. The van der Waals surface area contributed by atoms with Gasteiger partial charge in [0.2, 0.25) is 0 Å². The Kier molecular flexibility index (Phi) is 2.17. The molecule has 0 aromatic carbocycles. The standard InChI is InChI=1S/C10H19N/c1-9-4-2-5-10(8-9)11-6-3-7-11/h9-10H,2-8H2,1H3. The Morgan fingerprint density at radius 2 is 1.91 bits per heavy atom. The molecule has 0 radical (unpaired) electrons. The van der Waals surface area contributed by atoms with Crippen molar-refractivity contribution in [2.45, 2.75) is 45.1 Å². The summed E-state index contributed by atoms with van der Waals surface area (Å²) in [5.74, 6) is 0.995. The van der Waals surface area contributed by atoms with Gasteiger partial charge >= 0.3 is 0 Å². The predicted molar refractivity (Wildman–Crippen MR) is 47.6 cm³/mol. The van der Waals surface area contributed by atoms with E-state index in [4.69, 9.17) is 0 Å². The molecule has 2 aliphatic rings. The van der Waals surface area contributed by atoms with Crippen molar-refractivity contribution >= 4 is 0 Å². The lowest BCUT2D eigenvalue weighted by atomic mass is 9.85. The molecule has 0 spiro atoms. The maximum Gasteiger partial charge on any atom is 0.00978 e. The van der Waals surface area contributed by atoms with Crippen LogP contribution in [0.2, 0.25) is 0 Å². The first-order valence-corrected chi connectivity index (χ1v) is 5.10. The van der Waals surface area contributed by atoms with Gasteiger partial charge in [0.1, 0.15) is 0 Å². The fourth-order valence-corrected chi connectivity index (χ4v) is 2.44. The summed E-state index contributed by atoms with van der Waals surface area (Å²) in [5.41, 5.74) is 0. The second-order valence-electron chi connectivity index (χ2n) is 4.32. The molecular formula is C10H19N. The van der Waals surface area contributed by atoms with Crippen molar-refractivity contribution in [3.05, 3.63) is 0 Å². The lowest BCUT2D eigenvalue weighted by Gasteiger charge is -2.41.